The monoisotopic (exact) mass is 471 g/mol. The largest absolute Gasteiger partial charge is 0.497 e. The van der Waals surface area contributed by atoms with Crippen molar-refractivity contribution in [3.8, 4) is 11.5 Å². The van der Waals surface area contributed by atoms with Gasteiger partial charge in [0.1, 0.15) is 11.5 Å². The molecule has 0 radical (unpaired) electrons. The van der Waals surface area contributed by atoms with Crippen LogP contribution in [0.4, 0.5) is 5.69 Å². The van der Waals surface area contributed by atoms with Gasteiger partial charge in [-0.2, -0.15) is 5.10 Å². The van der Waals surface area contributed by atoms with Gasteiger partial charge in [0, 0.05) is 44.1 Å². The van der Waals surface area contributed by atoms with Gasteiger partial charge in [-0.3, -0.25) is 14.9 Å². The maximum atomic E-state index is 12.5. The highest BCUT2D eigenvalue weighted by molar-refractivity contribution is 7.99. The summed E-state index contributed by atoms with van der Waals surface area (Å²) in [6.07, 6.45) is 1.36. The van der Waals surface area contributed by atoms with E-state index in [0.717, 1.165) is 9.79 Å². The Balaban J connectivity index is 1.83. The van der Waals surface area contributed by atoms with Crippen molar-refractivity contribution in [3.05, 3.63) is 86.9 Å². The molecule has 0 spiro atoms. The predicted molar refractivity (Wildman–Crippen MR) is 123 cm³/mol. The standard InChI is InChI=1S/C22H18ClN3O5S/c1-30-18-10-14(11-19(12-18)31-2)22(27)25-24-13-15-9-17(26(28)29)5-8-21(15)32-20-6-3-16(23)4-7-20/h3-13H,1-2H3,(H,25,27). The minimum atomic E-state index is -0.491. The number of nitrogens with zero attached hydrogens (tertiary/aromatic N) is 2. The fraction of sp³-hybridized carbons (Fsp3) is 0.0909. The van der Waals surface area contributed by atoms with Crippen LogP contribution in [0, 0.1) is 10.1 Å². The fourth-order valence-corrected chi connectivity index (χ4v) is 3.65. The molecule has 8 nitrogen and oxygen atoms in total. The second-order valence-corrected chi connectivity index (χ2v) is 7.89. The molecule has 0 fully saturated rings. The number of hydrazone groups is 1. The zero-order valence-corrected chi connectivity index (χ0v) is 18.6. The molecule has 164 valence electrons. The van der Waals surface area contributed by atoms with E-state index in [2.05, 4.69) is 10.5 Å². The Labute approximate surface area is 193 Å². The number of carbonyl (C=O) groups excluding carboxylic acids is 1. The Kier molecular flexibility index (Phi) is 7.69. The molecule has 1 N–H and O–H groups in total. The summed E-state index contributed by atoms with van der Waals surface area (Å²) in [6.45, 7) is 0. The first-order valence-corrected chi connectivity index (χ1v) is 10.4. The van der Waals surface area contributed by atoms with E-state index in [0.29, 0.717) is 22.1 Å². The third-order valence-electron chi connectivity index (χ3n) is 4.23. The predicted octanol–water partition coefficient (Wildman–Crippen LogP) is 5.18. The van der Waals surface area contributed by atoms with Crippen molar-refractivity contribution < 1.29 is 19.2 Å². The highest BCUT2D eigenvalue weighted by atomic mass is 35.5. The molecule has 0 atom stereocenters. The van der Waals surface area contributed by atoms with Crippen LogP contribution in [0.5, 0.6) is 11.5 Å². The Bertz CT molecular complexity index is 1150. The molecular weight excluding hydrogens is 454 g/mol. The third kappa shape index (κ3) is 5.99. The molecule has 0 aliphatic rings. The van der Waals surface area contributed by atoms with Crippen molar-refractivity contribution in [1.29, 1.82) is 0 Å². The van der Waals surface area contributed by atoms with Crippen molar-refractivity contribution in [3.63, 3.8) is 0 Å². The van der Waals surface area contributed by atoms with Crippen LogP contribution < -0.4 is 14.9 Å². The van der Waals surface area contributed by atoms with Gasteiger partial charge in [-0.15, -0.1) is 0 Å². The van der Waals surface area contributed by atoms with Crippen LogP contribution in [0.1, 0.15) is 15.9 Å². The topological polar surface area (TPSA) is 103 Å². The molecule has 0 saturated heterocycles. The van der Waals surface area contributed by atoms with E-state index in [-0.39, 0.29) is 11.3 Å². The molecule has 0 saturated carbocycles. The molecule has 1 amide bonds. The van der Waals surface area contributed by atoms with Crippen LogP contribution in [-0.2, 0) is 0 Å². The van der Waals surface area contributed by atoms with Crippen molar-refractivity contribution in [2.24, 2.45) is 5.10 Å². The summed E-state index contributed by atoms with van der Waals surface area (Å²) in [7, 11) is 2.97. The number of halogens is 1. The molecule has 0 aromatic heterocycles. The first-order valence-electron chi connectivity index (χ1n) is 9.18. The molecule has 0 unspecified atom stereocenters. The molecule has 0 aliphatic heterocycles. The Morgan fingerprint density at radius 1 is 1.06 bits per heavy atom. The number of non-ortho nitro benzene ring substituents is 1. The maximum Gasteiger partial charge on any atom is 0.271 e. The second-order valence-electron chi connectivity index (χ2n) is 6.34. The maximum absolute atomic E-state index is 12.5. The Morgan fingerprint density at radius 3 is 2.31 bits per heavy atom. The normalized spacial score (nSPS) is 10.7. The van der Waals surface area contributed by atoms with Gasteiger partial charge in [0.15, 0.2) is 0 Å². The lowest BCUT2D eigenvalue weighted by Gasteiger charge is -2.08. The lowest BCUT2D eigenvalue weighted by Crippen LogP contribution is -2.17. The van der Waals surface area contributed by atoms with Crippen molar-refractivity contribution >= 4 is 41.2 Å². The van der Waals surface area contributed by atoms with Gasteiger partial charge >= 0.3 is 0 Å². The van der Waals surface area contributed by atoms with Crippen LogP contribution in [0.2, 0.25) is 5.02 Å². The lowest BCUT2D eigenvalue weighted by atomic mass is 10.2. The summed E-state index contributed by atoms with van der Waals surface area (Å²) in [6, 6.07) is 16.4. The summed E-state index contributed by atoms with van der Waals surface area (Å²) in [5.41, 5.74) is 3.09. The number of carbonyl (C=O) groups is 1. The van der Waals surface area contributed by atoms with Gasteiger partial charge < -0.3 is 9.47 Å². The average molecular weight is 472 g/mol. The van der Waals surface area contributed by atoms with Gasteiger partial charge in [-0.25, -0.2) is 5.43 Å². The molecule has 0 aliphatic carbocycles. The minimum absolute atomic E-state index is 0.0873. The van der Waals surface area contributed by atoms with E-state index in [1.165, 1.54) is 44.3 Å². The minimum Gasteiger partial charge on any atom is -0.497 e. The lowest BCUT2D eigenvalue weighted by molar-refractivity contribution is -0.384. The highest BCUT2D eigenvalue weighted by Gasteiger charge is 2.12. The van der Waals surface area contributed by atoms with E-state index in [1.807, 2.05) is 12.1 Å². The second kappa shape index (κ2) is 10.7. The number of ether oxygens (including phenoxy) is 2. The zero-order chi connectivity index (χ0) is 23.1. The van der Waals surface area contributed by atoms with Gasteiger partial charge in [0.25, 0.3) is 11.6 Å². The molecule has 3 rings (SSSR count). The molecule has 3 aromatic rings. The van der Waals surface area contributed by atoms with Crippen molar-refractivity contribution in [1.82, 2.24) is 5.43 Å². The smallest absolute Gasteiger partial charge is 0.271 e. The van der Waals surface area contributed by atoms with Gasteiger partial charge in [-0.05, 0) is 42.5 Å². The average Bonchev–Trinajstić information content (AvgIpc) is 2.80. The van der Waals surface area contributed by atoms with Gasteiger partial charge in [0.2, 0.25) is 0 Å². The molecule has 0 heterocycles. The van der Waals surface area contributed by atoms with Crippen LogP contribution in [-0.4, -0.2) is 31.3 Å². The molecule has 3 aromatic carbocycles. The van der Waals surface area contributed by atoms with E-state index in [1.54, 1.807) is 36.4 Å². The van der Waals surface area contributed by atoms with E-state index in [4.69, 9.17) is 21.1 Å². The number of methoxy groups -OCH3 is 2. The summed E-state index contributed by atoms with van der Waals surface area (Å²) < 4.78 is 10.3. The van der Waals surface area contributed by atoms with Crippen LogP contribution in [0.3, 0.4) is 0 Å². The number of hydrogen-bond acceptors (Lipinski definition) is 7. The first-order chi connectivity index (χ1) is 15.4. The summed E-state index contributed by atoms with van der Waals surface area (Å²) in [4.78, 5) is 24.8. The number of amides is 1. The quantitative estimate of drug-likeness (QED) is 0.276. The van der Waals surface area contributed by atoms with Crippen molar-refractivity contribution in [2.75, 3.05) is 14.2 Å². The summed E-state index contributed by atoms with van der Waals surface area (Å²) in [5, 5.41) is 15.8. The SMILES string of the molecule is COc1cc(OC)cc(C(=O)NN=Cc2cc([N+](=O)[O-])ccc2Sc2ccc(Cl)cc2)c1. The molecule has 32 heavy (non-hydrogen) atoms. The number of hydrogen-bond donors (Lipinski definition) is 1. The Morgan fingerprint density at radius 2 is 1.72 bits per heavy atom. The zero-order valence-electron chi connectivity index (χ0n) is 17.1. The number of nitrogens with one attached hydrogen (secondary N) is 1. The number of nitro groups is 1. The van der Waals surface area contributed by atoms with Crippen LogP contribution in [0.25, 0.3) is 0 Å². The number of benzene rings is 3. The highest BCUT2D eigenvalue weighted by Crippen LogP contribution is 2.32. The van der Waals surface area contributed by atoms with E-state index >= 15 is 0 Å². The molecular formula is C22H18ClN3O5S. The fourth-order valence-electron chi connectivity index (χ4n) is 2.64. The van der Waals surface area contributed by atoms with E-state index in [9.17, 15) is 14.9 Å². The van der Waals surface area contributed by atoms with Gasteiger partial charge in [0.05, 0.1) is 25.4 Å². The third-order valence-corrected chi connectivity index (χ3v) is 5.58. The summed E-state index contributed by atoms with van der Waals surface area (Å²) >= 11 is 7.32. The van der Waals surface area contributed by atoms with Crippen LogP contribution in [0.15, 0.2) is 75.6 Å². The van der Waals surface area contributed by atoms with Gasteiger partial charge in [-0.1, -0.05) is 23.4 Å². The van der Waals surface area contributed by atoms with E-state index < -0.39 is 10.8 Å². The summed E-state index contributed by atoms with van der Waals surface area (Å²) in [5.74, 6) is 0.424. The molecule has 10 heteroatoms. The van der Waals surface area contributed by atoms with Crippen LogP contribution >= 0.6 is 23.4 Å². The first kappa shape index (κ1) is 23.1. The Hall–Kier alpha value is -3.56. The number of nitro benzene ring substituents is 1. The molecule has 0 bridgehead atoms. The van der Waals surface area contributed by atoms with Crippen molar-refractivity contribution in [2.45, 2.75) is 9.79 Å². The number of rotatable bonds is 8.